The van der Waals surface area contributed by atoms with Crippen molar-refractivity contribution >= 4 is 43.4 Å². The average molecular weight is 524 g/mol. The highest BCUT2D eigenvalue weighted by Crippen LogP contribution is 2.23. The van der Waals surface area contributed by atoms with Gasteiger partial charge in [0.05, 0.1) is 22.0 Å². The highest BCUT2D eigenvalue weighted by molar-refractivity contribution is 9.10. The number of halogens is 2. The Morgan fingerprint density at radius 3 is 2.59 bits per heavy atom. The molecule has 0 unspecified atom stereocenters. The van der Waals surface area contributed by atoms with E-state index in [-0.39, 0.29) is 24.1 Å². The number of anilines is 3. The van der Waals surface area contributed by atoms with E-state index in [0.29, 0.717) is 27.5 Å². The van der Waals surface area contributed by atoms with Gasteiger partial charge in [-0.15, -0.1) is 0 Å². The molecule has 3 rings (SSSR count). The van der Waals surface area contributed by atoms with Crippen molar-refractivity contribution in [3.63, 3.8) is 0 Å². The molecule has 170 valence electrons. The third kappa shape index (κ3) is 6.45. The molecule has 4 N–H and O–H groups in total. The number of sulfonamides is 1. The van der Waals surface area contributed by atoms with Gasteiger partial charge in [-0.2, -0.15) is 4.98 Å². The molecule has 2 aromatic carbocycles. The summed E-state index contributed by atoms with van der Waals surface area (Å²) in [5, 5.41) is 15.5. The minimum absolute atomic E-state index is 0.0187. The van der Waals surface area contributed by atoms with Crippen molar-refractivity contribution in [2.24, 2.45) is 0 Å². The van der Waals surface area contributed by atoms with Crippen LogP contribution in [0.15, 0.2) is 64.1 Å². The van der Waals surface area contributed by atoms with E-state index in [1.807, 2.05) is 6.92 Å². The van der Waals surface area contributed by atoms with Gasteiger partial charge in [0.25, 0.3) is 0 Å². The molecule has 0 fully saturated rings. The lowest BCUT2D eigenvalue weighted by molar-refractivity contribution is 0.271. The Hall–Kier alpha value is -2.60. The second kappa shape index (κ2) is 10.8. The van der Waals surface area contributed by atoms with Gasteiger partial charge in [0.1, 0.15) is 11.6 Å². The Balaban J connectivity index is 1.67. The number of nitrogens with zero attached hydrogens (tertiary/aromatic N) is 2. The van der Waals surface area contributed by atoms with E-state index < -0.39 is 15.8 Å². The number of aromatic nitrogens is 2. The summed E-state index contributed by atoms with van der Waals surface area (Å²) >= 11 is 3.38. The molecule has 0 amide bonds. The fourth-order valence-corrected chi connectivity index (χ4v) is 4.08. The van der Waals surface area contributed by atoms with Gasteiger partial charge >= 0.3 is 0 Å². The van der Waals surface area contributed by atoms with Crippen LogP contribution in [-0.4, -0.2) is 36.1 Å². The quantitative estimate of drug-likeness (QED) is 0.319. The SMILES string of the molecule is CC[C@H](CO)Nc1nc(Nc2ccc(S(=O)(=O)NCc3cccc(F)c3)cc2)ncc1Br. The van der Waals surface area contributed by atoms with Crippen LogP contribution in [-0.2, 0) is 16.6 Å². The zero-order valence-electron chi connectivity index (χ0n) is 17.2. The van der Waals surface area contributed by atoms with Crippen LogP contribution in [0.5, 0.6) is 0 Å². The Morgan fingerprint density at radius 2 is 1.94 bits per heavy atom. The number of benzene rings is 2. The van der Waals surface area contributed by atoms with E-state index in [9.17, 15) is 17.9 Å². The third-order valence-corrected chi connectivity index (χ3v) is 6.57. The van der Waals surface area contributed by atoms with Gasteiger partial charge in [-0.05, 0) is 64.3 Å². The van der Waals surface area contributed by atoms with Crippen LogP contribution in [0.4, 0.5) is 21.8 Å². The summed E-state index contributed by atoms with van der Waals surface area (Å²) in [4.78, 5) is 8.67. The van der Waals surface area contributed by atoms with E-state index in [2.05, 4.69) is 41.3 Å². The molecular weight excluding hydrogens is 501 g/mol. The van der Waals surface area contributed by atoms with Gasteiger partial charge in [-0.25, -0.2) is 22.5 Å². The van der Waals surface area contributed by atoms with Gasteiger partial charge in [0.15, 0.2) is 0 Å². The molecule has 0 radical (unpaired) electrons. The lowest BCUT2D eigenvalue weighted by Crippen LogP contribution is -2.23. The molecule has 3 aromatic rings. The van der Waals surface area contributed by atoms with Crippen LogP contribution < -0.4 is 15.4 Å². The van der Waals surface area contributed by atoms with Crippen molar-refractivity contribution in [1.82, 2.24) is 14.7 Å². The number of aliphatic hydroxyl groups excluding tert-OH is 1. The number of aliphatic hydroxyl groups is 1. The highest BCUT2D eigenvalue weighted by Gasteiger charge is 2.14. The van der Waals surface area contributed by atoms with Gasteiger partial charge in [0, 0.05) is 18.4 Å². The van der Waals surface area contributed by atoms with Crippen molar-refractivity contribution in [3.05, 3.63) is 70.6 Å². The molecule has 0 saturated carbocycles. The van der Waals surface area contributed by atoms with Crippen LogP contribution in [0.25, 0.3) is 0 Å². The summed E-state index contributed by atoms with van der Waals surface area (Å²) in [6, 6.07) is 11.7. The van der Waals surface area contributed by atoms with Crippen LogP contribution in [0.2, 0.25) is 0 Å². The van der Waals surface area contributed by atoms with Crippen molar-refractivity contribution < 1.29 is 17.9 Å². The second-order valence-corrected chi connectivity index (χ2v) is 9.55. The second-order valence-electron chi connectivity index (χ2n) is 6.93. The maximum Gasteiger partial charge on any atom is 0.240 e. The molecular formula is C21H23BrFN5O3S. The topological polar surface area (TPSA) is 116 Å². The molecule has 0 aliphatic rings. The molecule has 0 bridgehead atoms. The first-order valence-electron chi connectivity index (χ1n) is 9.82. The van der Waals surface area contributed by atoms with Crippen molar-refractivity contribution in [2.75, 3.05) is 17.2 Å². The minimum Gasteiger partial charge on any atom is -0.394 e. The smallest absolute Gasteiger partial charge is 0.240 e. The maximum absolute atomic E-state index is 13.3. The zero-order valence-corrected chi connectivity index (χ0v) is 19.6. The summed E-state index contributed by atoms with van der Waals surface area (Å²) in [5.74, 6) is 0.416. The largest absolute Gasteiger partial charge is 0.394 e. The van der Waals surface area contributed by atoms with Crippen LogP contribution >= 0.6 is 15.9 Å². The molecule has 0 saturated heterocycles. The molecule has 0 aliphatic carbocycles. The molecule has 1 atom stereocenters. The summed E-state index contributed by atoms with van der Waals surface area (Å²) in [7, 11) is -3.76. The van der Waals surface area contributed by atoms with Crippen molar-refractivity contribution in [1.29, 1.82) is 0 Å². The van der Waals surface area contributed by atoms with E-state index in [1.54, 1.807) is 24.4 Å². The summed E-state index contributed by atoms with van der Waals surface area (Å²) in [5.41, 5.74) is 1.12. The van der Waals surface area contributed by atoms with Gasteiger partial charge in [-0.1, -0.05) is 19.1 Å². The highest BCUT2D eigenvalue weighted by atomic mass is 79.9. The fraction of sp³-hybridized carbons (Fsp3) is 0.238. The summed E-state index contributed by atoms with van der Waals surface area (Å²) < 4.78 is 41.4. The Kier molecular flexibility index (Phi) is 8.13. The third-order valence-electron chi connectivity index (χ3n) is 4.57. The Bertz CT molecular complexity index is 1160. The van der Waals surface area contributed by atoms with Crippen LogP contribution in [0.3, 0.4) is 0 Å². The van der Waals surface area contributed by atoms with E-state index in [1.165, 1.54) is 30.3 Å². The molecule has 0 aliphatic heterocycles. The molecule has 0 spiro atoms. The van der Waals surface area contributed by atoms with Gasteiger partial charge in [-0.3, -0.25) is 0 Å². The van der Waals surface area contributed by atoms with Crippen molar-refractivity contribution in [2.45, 2.75) is 30.8 Å². The predicted octanol–water partition coefficient (Wildman–Crippen LogP) is 3.78. The number of hydrogen-bond donors (Lipinski definition) is 4. The first kappa shape index (κ1) is 24.1. The van der Waals surface area contributed by atoms with E-state index >= 15 is 0 Å². The lowest BCUT2D eigenvalue weighted by atomic mass is 10.2. The maximum atomic E-state index is 13.3. The Morgan fingerprint density at radius 1 is 1.19 bits per heavy atom. The van der Waals surface area contributed by atoms with Gasteiger partial charge in [0.2, 0.25) is 16.0 Å². The first-order chi connectivity index (χ1) is 15.3. The number of rotatable bonds is 10. The lowest BCUT2D eigenvalue weighted by Gasteiger charge is -2.16. The van der Waals surface area contributed by atoms with E-state index in [4.69, 9.17) is 0 Å². The average Bonchev–Trinajstić information content (AvgIpc) is 2.78. The molecule has 1 aromatic heterocycles. The predicted molar refractivity (Wildman–Crippen MR) is 125 cm³/mol. The normalized spacial score (nSPS) is 12.4. The van der Waals surface area contributed by atoms with Gasteiger partial charge < -0.3 is 15.7 Å². The minimum atomic E-state index is -3.76. The summed E-state index contributed by atoms with van der Waals surface area (Å²) in [6.45, 7) is 1.90. The van der Waals surface area contributed by atoms with Crippen LogP contribution in [0, 0.1) is 5.82 Å². The molecule has 11 heteroatoms. The zero-order chi connectivity index (χ0) is 23.1. The molecule has 8 nitrogen and oxygen atoms in total. The molecule has 1 heterocycles. The monoisotopic (exact) mass is 523 g/mol. The van der Waals surface area contributed by atoms with E-state index in [0.717, 1.165) is 6.42 Å². The van der Waals surface area contributed by atoms with Crippen molar-refractivity contribution in [3.8, 4) is 0 Å². The summed E-state index contributed by atoms with van der Waals surface area (Å²) in [6.07, 6.45) is 2.30. The fourth-order valence-electron chi connectivity index (χ4n) is 2.75. The standard InChI is InChI=1S/C21H23BrFN5O3S/c1-2-16(13-29)26-20-19(22)12-24-21(28-20)27-17-6-8-18(9-7-17)32(30,31)25-11-14-4-3-5-15(23)10-14/h3-10,12,16,25,29H,2,11,13H2,1H3,(H2,24,26,27,28)/t16-/m1/s1. The van der Waals surface area contributed by atoms with Crippen LogP contribution in [0.1, 0.15) is 18.9 Å². The number of hydrogen-bond acceptors (Lipinski definition) is 7. The first-order valence-corrected chi connectivity index (χ1v) is 12.1. The Labute approximate surface area is 194 Å². The number of nitrogens with one attached hydrogen (secondary N) is 3. The molecule has 32 heavy (non-hydrogen) atoms.